The highest BCUT2D eigenvalue weighted by Crippen LogP contribution is 2.42. The van der Waals surface area contributed by atoms with Gasteiger partial charge in [0.05, 0.1) is 37.1 Å². The largest absolute Gasteiger partial charge is 0.475 e. The highest BCUT2D eigenvalue weighted by atomic mass is 19.1. The molecule has 4 heterocycles. The first-order chi connectivity index (χ1) is 11.7. The number of furan rings is 1. The van der Waals surface area contributed by atoms with Gasteiger partial charge in [-0.05, 0) is 18.2 Å². The van der Waals surface area contributed by atoms with E-state index in [1.54, 1.807) is 11.0 Å². The van der Waals surface area contributed by atoms with Gasteiger partial charge in [0.1, 0.15) is 6.26 Å². The molecule has 126 valence electrons. The summed E-state index contributed by atoms with van der Waals surface area (Å²) in [7, 11) is 0. The van der Waals surface area contributed by atoms with Gasteiger partial charge in [-0.1, -0.05) is 0 Å². The van der Waals surface area contributed by atoms with E-state index in [0.717, 1.165) is 0 Å². The van der Waals surface area contributed by atoms with E-state index in [1.807, 2.05) is 0 Å². The van der Waals surface area contributed by atoms with Crippen molar-refractivity contribution in [3.05, 3.63) is 48.3 Å². The van der Waals surface area contributed by atoms with Crippen LogP contribution in [-0.4, -0.2) is 48.7 Å². The monoisotopic (exact) mass is 332 g/mol. The Morgan fingerprint density at radius 2 is 2.42 bits per heavy atom. The van der Waals surface area contributed by atoms with Crippen molar-refractivity contribution in [3.8, 4) is 5.88 Å². The Labute approximate surface area is 138 Å². The van der Waals surface area contributed by atoms with E-state index in [0.29, 0.717) is 31.9 Å². The van der Waals surface area contributed by atoms with Gasteiger partial charge >= 0.3 is 0 Å². The van der Waals surface area contributed by atoms with Gasteiger partial charge in [0, 0.05) is 25.2 Å². The average molecular weight is 332 g/mol. The summed E-state index contributed by atoms with van der Waals surface area (Å²) in [5.74, 6) is -0.410. The highest BCUT2D eigenvalue weighted by Gasteiger charge is 2.52. The molecular formula is C17H17FN2O4. The molecule has 24 heavy (non-hydrogen) atoms. The fourth-order valence-electron chi connectivity index (χ4n) is 3.45. The van der Waals surface area contributed by atoms with Gasteiger partial charge in [-0.25, -0.2) is 9.37 Å². The molecule has 2 fully saturated rings. The van der Waals surface area contributed by atoms with Gasteiger partial charge in [-0.2, -0.15) is 0 Å². The minimum absolute atomic E-state index is 0.0165. The maximum atomic E-state index is 13.7. The molecule has 6 nitrogen and oxygen atoms in total. The molecule has 0 aromatic carbocycles. The maximum absolute atomic E-state index is 13.7. The van der Waals surface area contributed by atoms with Crippen molar-refractivity contribution in [2.45, 2.75) is 0 Å². The van der Waals surface area contributed by atoms with Crippen LogP contribution in [0.4, 0.5) is 4.39 Å². The molecule has 0 spiro atoms. The van der Waals surface area contributed by atoms with Gasteiger partial charge in [0.15, 0.2) is 5.82 Å². The van der Waals surface area contributed by atoms with Gasteiger partial charge in [-0.15, -0.1) is 0 Å². The van der Waals surface area contributed by atoms with Crippen LogP contribution in [0.15, 0.2) is 41.3 Å². The Morgan fingerprint density at radius 3 is 3.21 bits per heavy atom. The van der Waals surface area contributed by atoms with Gasteiger partial charge in [0.25, 0.3) is 5.91 Å². The van der Waals surface area contributed by atoms with E-state index < -0.39 is 5.82 Å². The van der Waals surface area contributed by atoms with E-state index in [9.17, 15) is 9.18 Å². The predicted octanol–water partition coefficient (Wildman–Crippen LogP) is 1.98. The number of hydrogen-bond acceptors (Lipinski definition) is 5. The Morgan fingerprint density at radius 1 is 1.50 bits per heavy atom. The number of aromatic nitrogens is 1. The molecule has 0 bridgehead atoms. The minimum atomic E-state index is -0.492. The Bertz CT molecular complexity index is 736. The number of rotatable bonds is 4. The fourth-order valence-corrected chi connectivity index (χ4v) is 3.45. The summed E-state index contributed by atoms with van der Waals surface area (Å²) in [6, 6.07) is 4.48. The van der Waals surface area contributed by atoms with Crippen molar-refractivity contribution in [2.75, 3.05) is 32.9 Å². The summed E-state index contributed by atoms with van der Waals surface area (Å²) in [6.07, 6.45) is 4.41. The zero-order valence-corrected chi connectivity index (χ0v) is 13.0. The number of ether oxygens (including phenoxy) is 2. The SMILES string of the molecule is O=C(c1ccoc1)N1C[C@@H]2COC[C@]2(COc2ncccc2F)C1. The summed E-state index contributed by atoms with van der Waals surface area (Å²) < 4.78 is 29.9. The van der Waals surface area contributed by atoms with Crippen LogP contribution in [0.3, 0.4) is 0 Å². The van der Waals surface area contributed by atoms with E-state index >= 15 is 0 Å². The molecule has 2 aromatic heterocycles. The van der Waals surface area contributed by atoms with E-state index in [-0.39, 0.29) is 29.7 Å². The first-order valence-electron chi connectivity index (χ1n) is 7.80. The van der Waals surface area contributed by atoms with Gasteiger partial charge in [0.2, 0.25) is 5.88 Å². The van der Waals surface area contributed by atoms with Crippen molar-refractivity contribution in [1.29, 1.82) is 0 Å². The van der Waals surface area contributed by atoms with E-state index in [4.69, 9.17) is 13.9 Å². The number of likely N-dealkylation sites (tertiary alicyclic amines) is 1. The maximum Gasteiger partial charge on any atom is 0.257 e. The van der Waals surface area contributed by atoms with Crippen LogP contribution in [0.5, 0.6) is 5.88 Å². The molecule has 7 heteroatoms. The lowest BCUT2D eigenvalue weighted by atomic mass is 9.82. The van der Waals surface area contributed by atoms with Gasteiger partial charge < -0.3 is 18.8 Å². The third-order valence-electron chi connectivity index (χ3n) is 4.80. The first kappa shape index (κ1) is 15.1. The topological polar surface area (TPSA) is 64.8 Å². The van der Waals surface area contributed by atoms with Crippen molar-refractivity contribution >= 4 is 5.91 Å². The number of hydrogen-bond donors (Lipinski definition) is 0. The van der Waals surface area contributed by atoms with Crippen LogP contribution in [0.1, 0.15) is 10.4 Å². The van der Waals surface area contributed by atoms with E-state index in [1.165, 1.54) is 30.9 Å². The Kier molecular flexibility index (Phi) is 3.72. The van der Waals surface area contributed by atoms with Crippen LogP contribution < -0.4 is 4.74 Å². The summed E-state index contributed by atoms with van der Waals surface area (Å²) in [5.41, 5.74) is 0.200. The lowest BCUT2D eigenvalue weighted by Gasteiger charge is -2.26. The Balaban J connectivity index is 1.49. The number of halogens is 1. The second-order valence-electron chi connectivity index (χ2n) is 6.35. The van der Waals surface area contributed by atoms with Crippen LogP contribution in [0.2, 0.25) is 0 Å². The third kappa shape index (κ3) is 2.54. The smallest absolute Gasteiger partial charge is 0.257 e. The summed E-state index contributed by atoms with van der Waals surface area (Å²) >= 11 is 0. The molecule has 2 aliphatic rings. The van der Waals surface area contributed by atoms with Crippen molar-refractivity contribution in [3.63, 3.8) is 0 Å². The molecular weight excluding hydrogens is 315 g/mol. The molecule has 0 N–H and O–H groups in total. The number of nitrogens with zero attached hydrogens (tertiary/aromatic N) is 2. The quantitative estimate of drug-likeness (QED) is 0.857. The average Bonchev–Trinajstić information content (AvgIpc) is 3.29. The number of fused-ring (bicyclic) bond motifs is 1. The third-order valence-corrected chi connectivity index (χ3v) is 4.80. The fraction of sp³-hybridized carbons (Fsp3) is 0.412. The highest BCUT2D eigenvalue weighted by molar-refractivity contribution is 5.94. The second kappa shape index (κ2) is 5.90. The molecule has 0 saturated carbocycles. The number of carbonyl (C=O) groups is 1. The molecule has 0 radical (unpaired) electrons. The van der Waals surface area contributed by atoms with Crippen molar-refractivity contribution < 1.29 is 23.1 Å². The van der Waals surface area contributed by atoms with Crippen molar-refractivity contribution in [1.82, 2.24) is 9.88 Å². The first-order valence-corrected chi connectivity index (χ1v) is 7.80. The normalized spacial score (nSPS) is 25.7. The zero-order valence-electron chi connectivity index (χ0n) is 13.0. The molecule has 2 atom stereocenters. The van der Waals surface area contributed by atoms with Crippen molar-refractivity contribution in [2.24, 2.45) is 11.3 Å². The summed E-state index contributed by atoms with van der Waals surface area (Å²) in [5, 5.41) is 0. The lowest BCUT2D eigenvalue weighted by molar-refractivity contribution is 0.0649. The number of amides is 1. The molecule has 0 unspecified atom stereocenters. The lowest BCUT2D eigenvalue weighted by Crippen LogP contribution is -2.38. The second-order valence-corrected chi connectivity index (χ2v) is 6.35. The molecule has 4 rings (SSSR count). The predicted molar refractivity (Wildman–Crippen MR) is 81.0 cm³/mol. The minimum Gasteiger partial charge on any atom is -0.475 e. The molecule has 2 aliphatic heterocycles. The van der Waals surface area contributed by atoms with Crippen LogP contribution >= 0.6 is 0 Å². The van der Waals surface area contributed by atoms with Gasteiger partial charge in [-0.3, -0.25) is 4.79 Å². The summed E-state index contributed by atoms with van der Waals surface area (Å²) in [4.78, 5) is 18.2. The Hall–Kier alpha value is -2.41. The molecule has 1 amide bonds. The summed E-state index contributed by atoms with van der Waals surface area (Å²) in [6.45, 7) is 2.43. The van der Waals surface area contributed by atoms with Crippen LogP contribution in [0.25, 0.3) is 0 Å². The number of carbonyl (C=O) groups excluding carboxylic acids is 1. The molecule has 2 saturated heterocycles. The number of pyridine rings is 1. The van der Waals surface area contributed by atoms with Crippen LogP contribution in [0, 0.1) is 17.2 Å². The molecule has 2 aromatic rings. The molecule has 0 aliphatic carbocycles. The standard InChI is InChI=1S/C17H17FN2O4/c18-14-2-1-4-19-15(14)24-11-17-9-20(6-13(17)8-23-10-17)16(21)12-3-5-22-7-12/h1-5,7,13H,6,8-11H2/t13-,17+/m1/s1. The van der Waals surface area contributed by atoms with E-state index in [2.05, 4.69) is 4.98 Å². The van der Waals surface area contributed by atoms with Crippen LogP contribution in [-0.2, 0) is 4.74 Å². The zero-order chi connectivity index (χ0) is 16.6.